The molecule has 0 spiro atoms. The summed E-state index contributed by atoms with van der Waals surface area (Å²) in [5, 5.41) is 15.5. The Hall–Kier alpha value is -2.64. The Labute approximate surface area is 164 Å². The second kappa shape index (κ2) is 7.77. The molecule has 1 aromatic carbocycles. The van der Waals surface area contributed by atoms with E-state index in [1.165, 1.54) is 30.5 Å². The Morgan fingerprint density at radius 3 is 2.75 bits per heavy atom. The number of hydrogen-bond acceptors (Lipinski definition) is 6. The lowest BCUT2D eigenvalue weighted by Crippen LogP contribution is -2.41. The molecule has 2 aliphatic carbocycles. The predicted molar refractivity (Wildman–Crippen MR) is 103 cm³/mol. The van der Waals surface area contributed by atoms with Gasteiger partial charge in [0.1, 0.15) is 6.54 Å². The first-order valence-electron chi connectivity index (χ1n) is 9.87. The van der Waals surface area contributed by atoms with Crippen LogP contribution in [0.25, 0.3) is 11.4 Å². The molecule has 4 atom stereocenters. The number of rotatable bonds is 7. The summed E-state index contributed by atoms with van der Waals surface area (Å²) in [6, 6.07) is 5.60. The molecule has 2 bridgehead atoms. The highest BCUT2D eigenvalue weighted by Gasteiger charge is 2.42. The van der Waals surface area contributed by atoms with Gasteiger partial charge in [-0.15, -0.1) is 10.2 Å². The summed E-state index contributed by atoms with van der Waals surface area (Å²) < 4.78 is 10.6. The van der Waals surface area contributed by atoms with Crippen molar-refractivity contribution in [1.29, 1.82) is 0 Å². The van der Waals surface area contributed by atoms with Crippen LogP contribution < -0.4 is 14.8 Å². The fraction of sp³-hybridized carbons (Fsp3) is 0.600. The summed E-state index contributed by atoms with van der Waals surface area (Å²) in [5.74, 6) is 3.84. The van der Waals surface area contributed by atoms with Gasteiger partial charge in [-0.3, -0.25) is 4.79 Å². The number of nitrogens with zero attached hydrogens (tertiary/aromatic N) is 4. The highest BCUT2D eigenvalue weighted by molar-refractivity contribution is 5.75. The third-order valence-corrected chi connectivity index (χ3v) is 6.20. The highest BCUT2D eigenvalue weighted by Crippen LogP contribution is 2.49. The number of carbonyl (C=O) groups excluding carboxylic acids is 1. The summed E-state index contributed by atoms with van der Waals surface area (Å²) in [5.41, 5.74) is 0.750. The minimum Gasteiger partial charge on any atom is -0.493 e. The quantitative estimate of drug-likeness (QED) is 0.786. The molecule has 28 heavy (non-hydrogen) atoms. The maximum atomic E-state index is 12.4. The molecule has 8 nitrogen and oxygen atoms in total. The number of hydrogen-bond donors (Lipinski definition) is 1. The zero-order valence-corrected chi connectivity index (χ0v) is 16.6. The molecule has 0 radical (unpaired) electrons. The highest BCUT2D eigenvalue weighted by atomic mass is 16.5. The average molecular weight is 385 g/mol. The zero-order chi connectivity index (χ0) is 19.7. The molecule has 2 saturated carbocycles. The lowest BCUT2D eigenvalue weighted by atomic mass is 9.84. The SMILES string of the molecule is COc1ccc(-c2nnn(CC(=O)N[C@@H](C)[C@H]3C[C@H]4CC[C@H]3C4)n2)cc1OC. The Balaban J connectivity index is 1.37. The number of nitrogens with one attached hydrogen (secondary N) is 1. The van der Waals surface area contributed by atoms with E-state index in [1.54, 1.807) is 26.4 Å². The second-order valence-corrected chi connectivity index (χ2v) is 7.91. The molecule has 0 saturated heterocycles. The fourth-order valence-corrected chi connectivity index (χ4v) is 4.84. The minimum absolute atomic E-state index is 0.0610. The van der Waals surface area contributed by atoms with Gasteiger partial charge in [-0.2, -0.15) is 4.80 Å². The van der Waals surface area contributed by atoms with Gasteiger partial charge >= 0.3 is 0 Å². The van der Waals surface area contributed by atoms with Crippen LogP contribution in [-0.2, 0) is 11.3 Å². The van der Waals surface area contributed by atoms with Crippen LogP contribution in [-0.4, -0.2) is 46.4 Å². The van der Waals surface area contributed by atoms with Crippen LogP contribution in [0.1, 0.15) is 32.6 Å². The Bertz CT molecular complexity index is 852. The Morgan fingerprint density at radius 1 is 1.25 bits per heavy atom. The third-order valence-electron chi connectivity index (χ3n) is 6.20. The molecule has 0 unspecified atom stereocenters. The molecule has 1 N–H and O–H groups in total. The van der Waals surface area contributed by atoms with Crippen molar-refractivity contribution in [2.75, 3.05) is 14.2 Å². The number of methoxy groups -OCH3 is 2. The monoisotopic (exact) mass is 385 g/mol. The van der Waals surface area contributed by atoms with Crippen molar-refractivity contribution in [1.82, 2.24) is 25.5 Å². The first-order valence-corrected chi connectivity index (χ1v) is 9.87. The van der Waals surface area contributed by atoms with Crippen LogP contribution >= 0.6 is 0 Å². The van der Waals surface area contributed by atoms with E-state index >= 15 is 0 Å². The normalized spacial score (nSPS) is 24.2. The van der Waals surface area contributed by atoms with E-state index in [4.69, 9.17) is 9.47 Å². The lowest BCUT2D eigenvalue weighted by Gasteiger charge is -2.28. The first kappa shape index (κ1) is 18.7. The largest absolute Gasteiger partial charge is 0.493 e. The molecule has 4 rings (SSSR count). The van der Waals surface area contributed by atoms with Crippen LogP contribution in [0.2, 0.25) is 0 Å². The van der Waals surface area contributed by atoms with Gasteiger partial charge in [0.05, 0.1) is 14.2 Å². The van der Waals surface area contributed by atoms with Gasteiger partial charge in [0.15, 0.2) is 11.5 Å². The fourth-order valence-electron chi connectivity index (χ4n) is 4.84. The van der Waals surface area contributed by atoms with Gasteiger partial charge in [-0.05, 0) is 67.4 Å². The molecule has 2 aliphatic rings. The van der Waals surface area contributed by atoms with Gasteiger partial charge in [0, 0.05) is 11.6 Å². The van der Waals surface area contributed by atoms with E-state index in [-0.39, 0.29) is 18.5 Å². The molecule has 2 fully saturated rings. The molecule has 0 aliphatic heterocycles. The van der Waals surface area contributed by atoms with E-state index in [0.29, 0.717) is 23.2 Å². The summed E-state index contributed by atoms with van der Waals surface area (Å²) >= 11 is 0. The number of carbonyl (C=O) groups is 1. The van der Waals surface area contributed by atoms with Gasteiger partial charge < -0.3 is 14.8 Å². The topological polar surface area (TPSA) is 91.2 Å². The van der Waals surface area contributed by atoms with Crippen molar-refractivity contribution in [3.63, 3.8) is 0 Å². The third kappa shape index (κ3) is 3.68. The van der Waals surface area contributed by atoms with E-state index < -0.39 is 0 Å². The standard InChI is InChI=1S/C20H27N5O3/c1-12(16-9-13-4-5-14(16)8-13)21-19(26)11-25-23-20(22-24-25)15-6-7-17(27-2)18(10-15)28-3/h6-7,10,12-14,16H,4-5,8-9,11H2,1-3H3,(H,21,26)/t12-,13-,14-,16+/m0/s1. The van der Waals surface area contributed by atoms with Crippen LogP contribution in [0.4, 0.5) is 0 Å². The van der Waals surface area contributed by atoms with E-state index in [2.05, 4.69) is 27.7 Å². The van der Waals surface area contributed by atoms with Crippen LogP contribution in [0, 0.1) is 17.8 Å². The van der Waals surface area contributed by atoms with E-state index in [9.17, 15) is 4.79 Å². The maximum Gasteiger partial charge on any atom is 0.243 e. The number of aromatic nitrogens is 4. The van der Waals surface area contributed by atoms with Crippen molar-refractivity contribution >= 4 is 5.91 Å². The summed E-state index contributed by atoms with van der Waals surface area (Å²) in [7, 11) is 3.16. The Kier molecular flexibility index (Phi) is 5.19. The van der Waals surface area contributed by atoms with Crippen molar-refractivity contribution < 1.29 is 14.3 Å². The molecular weight excluding hydrogens is 358 g/mol. The molecule has 1 aromatic heterocycles. The first-order chi connectivity index (χ1) is 13.6. The summed E-state index contributed by atoms with van der Waals surface area (Å²) in [6.45, 7) is 2.18. The maximum absolute atomic E-state index is 12.4. The number of ether oxygens (including phenoxy) is 2. The van der Waals surface area contributed by atoms with Gasteiger partial charge in [0.25, 0.3) is 0 Å². The number of fused-ring (bicyclic) bond motifs is 2. The van der Waals surface area contributed by atoms with Gasteiger partial charge in [-0.25, -0.2) is 0 Å². The summed E-state index contributed by atoms with van der Waals surface area (Å²) in [6.07, 6.45) is 5.26. The molecular formula is C20H27N5O3. The number of benzene rings is 1. The van der Waals surface area contributed by atoms with Crippen LogP contribution in [0.15, 0.2) is 18.2 Å². The van der Waals surface area contributed by atoms with Gasteiger partial charge in [0.2, 0.25) is 11.7 Å². The molecule has 150 valence electrons. The van der Waals surface area contributed by atoms with Crippen molar-refractivity contribution in [3.05, 3.63) is 18.2 Å². The zero-order valence-electron chi connectivity index (χ0n) is 16.6. The molecule has 2 aromatic rings. The smallest absolute Gasteiger partial charge is 0.243 e. The number of amides is 1. The molecule has 8 heteroatoms. The van der Waals surface area contributed by atoms with Crippen molar-refractivity contribution in [2.45, 2.75) is 45.2 Å². The van der Waals surface area contributed by atoms with Crippen molar-refractivity contribution in [3.8, 4) is 22.9 Å². The van der Waals surface area contributed by atoms with Crippen LogP contribution in [0.3, 0.4) is 0 Å². The van der Waals surface area contributed by atoms with Crippen LogP contribution in [0.5, 0.6) is 11.5 Å². The Morgan fingerprint density at radius 2 is 2.07 bits per heavy atom. The number of tetrazole rings is 1. The van der Waals surface area contributed by atoms with Gasteiger partial charge in [-0.1, -0.05) is 6.42 Å². The molecule has 1 amide bonds. The predicted octanol–water partition coefficient (Wildman–Crippen LogP) is 2.30. The minimum atomic E-state index is -0.0773. The lowest BCUT2D eigenvalue weighted by molar-refractivity contribution is -0.123. The van der Waals surface area contributed by atoms with E-state index in [1.807, 2.05) is 6.07 Å². The average Bonchev–Trinajstić information content (AvgIpc) is 3.44. The van der Waals surface area contributed by atoms with Crippen molar-refractivity contribution in [2.24, 2.45) is 17.8 Å². The van der Waals surface area contributed by atoms with E-state index in [0.717, 1.165) is 17.4 Å². The second-order valence-electron chi connectivity index (χ2n) is 7.91. The summed E-state index contributed by atoms with van der Waals surface area (Å²) in [4.78, 5) is 13.8. The molecule has 1 heterocycles.